The van der Waals surface area contributed by atoms with E-state index >= 15 is 0 Å². The van der Waals surface area contributed by atoms with E-state index in [0.29, 0.717) is 18.9 Å². The van der Waals surface area contributed by atoms with Crippen LogP contribution in [0.15, 0.2) is 0 Å². The highest BCUT2D eigenvalue weighted by Gasteiger charge is 2.12. The number of unbranched alkanes of at least 4 members (excludes halogenated alkanes) is 21. The van der Waals surface area contributed by atoms with E-state index in [9.17, 15) is 4.79 Å². The van der Waals surface area contributed by atoms with Gasteiger partial charge in [0, 0.05) is 6.42 Å². The van der Waals surface area contributed by atoms with Crippen LogP contribution in [-0.4, -0.2) is 12.6 Å². The average molecular weight is 495 g/mol. The van der Waals surface area contributed by atoms with Gasteiger partial charge >= 0.3 is 5.97 Å². The van der Waals surface area contributed by atoms with Gasteiger partial charge in [0.05, 0.1) is 6.61 Å². The lowest BCUT2D eigenvalue weighted by molar-refractivity contribution is -0.145. The summed E-state index contributed by atoms with van der Waals surface area (Å²) in [5, 5.41) is 0. The van der Waals surface area contributed by atoms with Gasteiger partial charge in [0.25, 0.3) is 0 Å². The van der Waals surface area contributed by atoms with Crippen LogP contribution in [0.3, 0.4) is 0 Å². The predicted octanol–water partition coefficient (Wildman–Crippen LogP) is 11.7. The number of rotatable bonds is 29. The summed E-state index contributed by atoms with van der Waals surface area (Å²) in [4.78, 5) is 12.3. The van der Waals surface area contributed by atoms with Crippen LogP contribution in [0.2, 0.25) is 0 Å². The smallest absolute Gasteiger partial charge is 0.305 e. The molecule has 0 aromatic carbocycles. The van der Waals surface area contributed by atoms with Gasteiger partial charge in [-0.05, 0) is 25.2 Å². The van der Waals surface area contributed by atoms with Gasteiger partial charge in [-0.15, -0.1) is 0 Å². The molecule has 0 fully saturated rings. The number of hydrogen-bond acceptors (Lipinski definition) is 2. The molecular formula is C33H66O2. The van der Waals surface area contributed by atoms with Crippen molar-refractivity contribution >= 4 is 5.97 Å². The summed E-state index contributed by atoms with van der Waals surface area (Å²) in [5.74, 6) is 0.630. The van der Waals surface area contributed by atoms with E-state index in [1.54, 1.807) is 0 Å². The standard InChI is InChI=1S/C33H66O2/c1-4-7-10-13-15-16-17-18-19-21-24-27-30-33(34)35-31-32(28-25-22-12-9-6-3)29-26-23-20-14-11-8-5-2/h32H,4-31H2,1-3H3. The first kappa shape index (κ1) is 34.5. The quantitative estimate of drug-likeness (QED) is 0.0763. The number of carbonyl (C=O) groups excluding carboxylic acids is 1. The Morgan fingerprint density at radius 2 is 0.771 bits per heavy atom. The minimum Gasteiger partial charge on any atom is -0.465 e. The predicted molar refractivity (Wildman–Crippen MR) is 156 cm³/mol. The molecule has 1 atom stereocenters. The maximum Gasteiger partial charge on any atom is 0.305 e. The van der Waals surface area contributed by atoms with Crippen molar-refractivity contribution in [2.75, 3.05) is 6.61 Å². The SMILES string of the molecule is CCCCCCCCCCCCCCC(=O)OCC(CCCCCCC)CCCCCCCCC. The lowest BCUT2D eigenvalue weighted by Crippen LogP contribution is -2.14. The van der Waals surface area contributed by atoms with Crippen molar-refractivity contribution in [3.8, 4) is 0 Å². The molecule has 0 aliphatic rings. The van der Waals surface area contributed by atoms with Crippen LogP contribution >= 0.6 is 0 Å². The molecule has 2 nitrogen and oxygen atoms in total. The van der Waals surface area contributed by atoms with E-state index in [4.69, 9.17) is 4.74 Å². The van der Waals surface area contributed by atoms with E-state index in [2.05, 4.69) is 20.8 Å². The van der Waals surface area contributed by atoms with Crippen LogP contribution < -0.4 is 0 Å². The van der Waals surface area contributed by atoms with Gasteiger partial charge in [-0.25, -0.2) is 0 Å². The summed E-state index contributed by atoms with van der Waals surface area (Å²) in [7, 11) is 0. The largest absolute Gasteiger partial charge is 0.465 e. The molecule has 0 bridgehead atoms. The first-order valence-corrected chi connectivity index (χ1v) is 16.4. The van der Waals surface area contributed by atoms with E-state index in [1.165, 1.54) is 161 Å². The summed E-state index contributed by atoms with van der Waals surface area (Å²) < 4.78 is 5.75. The Hall–Kier alpha value is -0.530. The second kappa shape index (κ2) is 29.7. The van der Waals surface area contributed by atoms with Crippen LogP contribution in [-0.2, 0) is 9.53 Å². The molecule has 0 aliphatic carbocycles. The number of hydrogen-bond donors (Lipinski definition) is 0. The van der Waals surface area contributed by atoms with Crippen LogP contribution in [0.4, 0.5) is 0 Å². The zero-order valence-corrected chi connectivity index (χ0v) is 24.7. The van der Waals surface area contributed by atoms with Crippen molar-refractivity contribution in [1.29, 1.82) is 0 Å². The van der Waals surface area contributed by atoms with Crippen molar-refractivity contribution in [1.82, 2.24) is 0 Å². The highest BCUT2D eigenvalue weighted by atomic mass is 16.5. The number of carbonyl (C=O) groups is 1. The molecule has 0 aromatic heterocycles. The number of ether oxygens (including phenoxy) is 1. The summed E-state index contributed by atoms with van der Waals surface area (Å²) in [5.41, 5.74) is 0. The van der Waals surface area contributed by atoms with Crippen molar-refractivity contribution in [2.24, 2.45) is 5.92 Å². The molecule has 0 heterocycles. The summed E-state index contributed by atoms with van der Waals surface area (Å²) >= 11 is 0. The molecular weight excluding hydrogens is 428 g/mol. The molecule has 0 saturated heterocycles. The van der Waals surface area contributed by atoms with Crippen LogP contribution in [0.1, 0.15) is 194 Å². The fraction of sp³-hybridized carbons (Fsp3) is 0.970. The molecule has 35 heavy (non-hydrogen) atoms. The first-order chi connectivity index (χ1) is 17.2. The van der Waals surface area contributed by atoms with Crippen LogP contribution in [0.5, 0.6) is 0 Å². The fourth-order valence-corrected chi connectivity index (χ4v) is 5.13. The molecule has 0 radical (unpaired) electrons. The van der Waals surface area contributed by atoms with Gasteiger partial charge in [-0.1, -0.05) is 168 Å². The topological polar surface area (TPSA) is 26.3 Å². The zero-order chi connectivity index (χ0) is 25.7. The van der Waals surface area contributed by atoms with E-state index in [1.807, 2.05) is 0 Å². The van der Waals surface area contributed by atoms with Crippen LogP contribution in [0, 0.1) is 5.92 Å². The van der Waals surface area contributed by atoms with Gasteiger partial charge in [0.2, 0.25) is 0 Å². The molecule has 0 N–H and O–H groups in total. The Morgan fingerprint density at radius 3 is 1.14 bits per heavy atom. The average Bonchev–Trinajstić information content (AvgIpc) is 2.86. The lowest BCUT2D eigenvalue weighted by Gasteiger charge is -2.17. The maximum absolute atomic E-state index is 12.3. The zero-order valence-electron chi connectivity index (χ0n) is 24.7. The normalized spacial score (nSPS) is 12.2. The molecule has 2 heteroatoms. The highest BCUT2D eigenvalue weighted by molar-refractivity contribution is 5.69. The first-order valence-electron chi connectivity index (χ1n) is 16.4. The molecule has 0 saturated carbocycles. The van der Waals surface area contributed by atoms with Gasteiger partial charge < -0.3 is 4.74 Å². The lowest BCUT2D eigenvalue weighted by atomic mass is 9.95. The second-order valence-electron chi connectivity index (χ2n) is 11.3. The Labute approximate surface area is 222 Å². The monoisotopic (exact) mass is 495 g/mol. The molecule has 0 spiro atoms. The Bertz CT molecular complexity index is 406. The van der Waals surface area contributed by atoms with Crippen molar-refractivity contribution < 1.29 is 9.53 Å². The summed E-state index contributed by atoms with van der Waals surface area (Å²) in [6.07, 6.45) is 35.3. The van der Waals surface area contributed by atoms with Gasteiger partial charge in [-0.2, -0.15) is 0 Å². The molecule has 0 aromatic rings. The summed E-state index contributed by atoms with van der Waals surface area (Å²) in [6, 6.07) is 0. The van der Waals surface area contributed by atoms with Gasteiger partial charge in [0.15, 0.2) is 0 Å². The minimum atomic E-state index is 0.0487. The Kier molecular flexibility index (Phi) is 29.2. The molecule has 210 valence electrons. The number of esters is 1. The molecule has 0 amide bonds. The van der Waals surface area contributed by atoms with E-state index < -0.39 is 0 Å². The highest BCUT2D eigenvalue weighted by Crippen LogP contribution is 2.20. The Balaban J connectivity index is 3.81. The molecule has 0 aliphatic heterocycles. The Morgan fingerprint density at radius 1 is 0.457 bits per heavy atom. The molecule has 1 unspecified atom stereocenters. The van der Waals surface area contributed by atoms with Gasteiger partial charge in [-0.3, -0.25) is 4.79 Å². The third kappa shape index (κ3) is 27.9. The van der Waals surface area contributed by atoms with Crippen LogP contribution in [0.25, 0.3) is 0 Å². The van der Waals surface area contributed by atoms with Crippen molar-refractivity contribution in [2.45, 2.75) is 194 Å². The van der Waals surface area contributed by atoms with E-state index in [0.717, 1.165) is 6.42 Å². The van der Waals surface area contributed by atoms with Crippen molar-refractivity contribution in [3.63, 3.8) is 0 Å². The third-order valence-corrected chi connectivity index (χ3v) is 7.65. The van der Waals surface area contributed by atoms with Gasteiger partial charge in [0.1, 0.15) is 0 Å². The fourth-order valence-electron chi connectivity index (χ4n) is 5.13. The minimum absolute atomic E-state index is 0.0487. The van der Waals surface area contributed by atoms with Crippen molar-refractivity contribution in [3.05, 3.63) is 0 Å². The summed E-state index contributed by atoms with van der Waals surface area (Å²) in [6.45, 7) is 7.51. The van der Waals surface area contributed by atoms with E-state index in [-0.39, 0.29) is 5.97 Å². The molecule has 0 rings (SSSR count). The second-order valence-corrected chi connectivity index (χ2v) is 11.3. The third-order valence-electron chi connectivity index (χ3n) is 7.65. The maximum atomic E-state index is 12.3.